The maximum Gasteiger partial charge on any atom is 0.295 e. The zero-order valence-electron chi connectivity index (χ0n) is 17.6. The maximum atomic E-state index is 13.0. The number of rotatable bonds is 3. The SMILES string of the molecule is Cc1[nH]c2ccccc2c1C(=O)C(=O)N1CCN(C(=O)c2cc3n(n2)CCCC3)CC1. The Balaban J connectivity index is 1.26. The van der Waals surface area contributed by atoms with Crippen molar-refractivity contribution in [2.45, 2.75) is 32.7 Å². The van der Waals surface area contributed by atoms with Crippen molar-refractivity contribution in [2.24, 2.45) is 0 Å². The summed E-state index contributed by atoms with van der Waals surface area (Å²) in [5.74, 6) is -1.12. The van der Waals surface area contributed by atoms with E-state index < -0.39 is 11.7 Å². The van der Waals surface area contributed by atoms with Gasteiger partial charge in [-0.25, -0.2) is 0 Å². The average molecular weight is 419 g/mol. The zero-order valence-corrected chi connectivity index (χ0v) is 17.6. The molecular formula is C23H25N5O3. The van der Waals surface area contributed by atoms with Gasteiger partial charge in [0.2, 0.25) is 0 Å². The van der Waals surface area contributed by atoms with Crippen LogP contribution in [0.25, 0.3) is 10.9 Å². The monoisotopic (exact) mass is 419 g/mol. The molecular weight excluding hydrogens is 394 g/mol. The number of aromatic amines is 1. The fraction of sp³-hybridized carbons (Fsp3) is 0.391. The van der Waals surface area contributed by atoms with Gasteiger partial charge in [-0.1, -0.05) is 18.2 Å². The lowest BCUT2D eigenvalue weighted by atomic mass is 10.1. The average Bonchev–Trinajstić information content (AvgIpc) is 3.38. The van der Waals surface area contributed by atoms with Crippen LogP contribution in [0.3, 0.4) is 0 Å². The second-order valence-corrected chi connectivity index (χ2v) is 8.29. The predicted octanol–water partition coefficient (Wildman–Crippen LogP) is 2.18. The van der Waals surface area contributed by atoms with Crippen LogP contribution in [0.15, 0.2) is 30.3 Å². The number of benzene rings is 1. The van der Waals surface area contributed by atoms with Crippen LogP contribution < -0.4 is 0 Å². The van der Waals surface area contributed by atoms with E-state index in [9.17, 15) is 14.4 Å². The summed E-state index contributed by atoms with van der Waals surface area (Å²) in [6, 6.07) is 9.38. The van der Waals surface area contributed by atoms with Gasteiger partial charge in [0.15, 0.2) is 5.69 Å². The predicted molar refractivity (Wildman–Crippen MR) is 115 cm³/mol. The van der Waals surface area contributed by atoms with Gasteiger partial charge >= 0.3 is 0 Å². The number of para-hydroxylation sites is 1. The summed E-state index contributed by atoms with van der Waals surface area (Å²) in [6.07, 6.45) is 3.18. The molecule has 2 aliphatic rings. The van der Waals surface area contributed by atoms with Gasteiger partial charge in [-0.2, -0.15) is 5.10 Å². The summed E-state index contributed by atoms with van der Waals surface area (Å²) in [7, 11) is 0. The third-order valence-corrected chi connectivity index (χ3v) is 6.30. The van der Waals surface area contributed by atoms with E-state index in [0.717, 1.165) is 42.4 Å². The number of carbonyl (C=O) groups is 3. The van der Waals surface area contributed by atoms with Gasteiger partial charge < -0.3 is 14.8 Å². The summed E-state index contributed by atoms with van der Waals surface area (Å²) in [6.45, 7) is 4.14. The van der Waals surface area contributed by atoms with Crippen molar-refractivity contribution >= 4 is 28.5 Å². The molecule has 2 amide bonds. The van der Waals surface area contributed by atoms with Gasteiger partial charge in [0, 0.05) is 55.0 Å². The van der Waals surface area contributed by atoms with Crippen molar-refractivity contribution < 1.29 is 14.4 Å². The normalized spacial score (nSPS) is 16.4. The molecule has 3 aromatic rings. The Morgan fingerprint density at radius 1 is 0.968 bits per heavy atom. The molecule has 2 aromatic heterocycles. The number of piperazine rings is 1. The number of hydrogen-bond acceptors (Lipinski definition) is 4. The molecule has 5 rings (SSSR count). The minimum Gasteiger partial charge on any atom is -0.358 e. The number of Topliss-reactive ketones (excluding diaryl/α,β-unsaturated/α-hetero) is 1. The Bertz CT molecular complexity index is 1160. The van der Waals surface area contributed by atoms with E-state index in [-0.39, 0.29) is 5.91 Å². The lowest BCUT2D eigenvalue weighted by Gasteiger charge is -2.34. The van der Waals surface area contributed by atoms with Crippen molar-refractivity contribution in [3.8, 4) is 0 Å². The molecule has 4 heterocycles. The molecule has 1 N–H and O–H groups in total. The van der Waals surface area contributed by atoms with Crippen molar-refractivity contribution in [3.05, 3.63) is 53.0 Å². The van der Waals surface area contributed by atoms with E-state index in [0.29, 0.717) is 43.1 Å². The molecule has 0 unspecified atom stereocenters. The Hall–Kier alpha value is -3.42. The number of H-pyrrole nitrogens is 1. The molecule has 0 bridgehead atoms. The number of ketones is 1. The van der Waals surface area contributed by atoms with E-state index in [2.05, 4.69) is 10.1 Å². The van der Waals surface area contributed by atoms with E-state index in [1.54, 1.807) is 9.80 Å². The number of amides is 2. The summed E-state index contributed by atoms with van der Waals surface area (Å²) < 4.78 is 1.93. The quantitative estimate of drug-likeness (QED) is 0.520. The molecule has 0 spiro atoms. The van der Waals surface area contributed by atoms with E-state index >= 15 is 0 Å². The van der Waals surface area contributed by atoms with Crippen LogP contribution in [0, 0.1) is 6.92 Å². The molecule has 8 heteroatoms. The first kappa shape index (κ1) is 19.5. The van der Waals surface area contributed by atoms with Crippen molar-refractivity contribution in [2.75, 3.05) is 26.2 Å². The van der Waals surface area contributed by atoms with Crippen molar-refractivity contribution in [1.82, 2.24) is 24.6 Å². The molecule has 1 aromatic carbocycles. The van der Waals surface area contributed by atoms with Crippen LogP contribution in [-0.4, -0.2) is 68.3 Å². The van der Waals surface area contributed by atoms with E-state index in [1.165, 1.54) is 0 Å². The minimum absolute atomic E-state index is 0.104. The summed E-state index contributed by atoms with van der Waals surface area (Å²) in [5.41, 5.74) is 3.56. The number of fused-ring (bicyclic) bond motifs is 2. The number of nitrogens with zero attached hydrogens (tertiary/aromatic N) is 4. The molecule has 160 valence electrons. The maximum absolute atomic E-state index is 13.0. The number of nitrogens with one attached hydrogen (secondary N) is 1. The zero-order chi connectivity index (χ0) is 21.5. The molecule has 0 radical (unpaired) electrons. The number of aryl methyl sites for hydroxylation is 3. The fourth-order valence-electron chi connectivity index (χ4n) is 4.62. The highest BCUT2D eigenvalue weighted by atomic mass is 16.2. The van der Waals surface area contributed by atoms with Crippen LogP contribution in [0.1, 0.15) is 45.1 Å². The first-order valence-corrected chi connectivity index (χ1v) is 10.8. The highest BCUT2D eigenvalue weighted by molar-refractivity contribution is 6.45. The molecule has 8 nitrogen and oxygen atoms in total. The van der Waals surface area contributed by atoms with Gasteiger partial charge in [0.1, 0.15) is 0 Å². The second-order valence-electron chi connectivity index (χ2n) is 8.29. The molecule has 1 saturated heterocycles. The molecule has 2 aliphatic heterocycles. The van der Waals surface area contributed by atoms with Gasteiger partial charge in [-0.3, -0.25) is 19.1 Å². The van der Waals surface area contributed by atoms with Crippen LogP contribution in [0.5, 0.6) is 0 Å². The van der Waals surface area contributed by atoms with Gasteiger partial charge in [0.25, 0.3) is 17.6 Å². The lowest BCUT2D eigenvalue weighted by Crippen LogP contribution is -2.52. The largest absolute Gasteiger partial charge is 0.358 e. The van der Waals surface area contributed by atoms with Gasteiger partial charge in [-0.05, 0) is 38.3 Å². The molecule has 0 atom stereocenters. The van der Waals surface area contributed by atoms with E-state index in [1.807, 2.05) is 41.9 Å². The smallest absolute Gasteiger partial charge is 0.295 e. The molecule has 31 heavy (non-hydrogen) atoms. The summed E-state index contributed by atoms with van der Waals surface area (Å²) in [4.78, 5) is 45.2. The highest BCUT2D eigenvalue weighted by Gasteiger charge is 2.31. The molecule has 1 fully saturated rings. The van der Waals surface area contributed by atoms with Gasteiger partial charge in [0.05, 0.1) is 5.56 Å². The standard InChI is InChI=1S/C23H25N5O3/c1-15-20(17-7-2-3-8-18(17)24-15)21(29)23(31)27-12-10-26(11-13-27)22(30)19-14-16-6-4-5-9-28(16)25-19/h2-3,7-8,14,24H,4-6,9-13H2,1H3. The third-order valence-electron chi connectivity index (χ3n) is 6.30. The van der Waals surface area contributed by atoms with Crippen LogP contribution >= 0.6 is 0 Å². The molecule has 0 aliphatic carbocycles. The molecule has 0 saturated carbocycles. The van der Waals surface area contributed by atoms with Crippen molar-refractivity contribution in [3.63, 3.8) is 0 Å². The van der Waals surface area contributed by atoms with Crippen LogP contribution in [0.4, 0.5) is 0 Å². The van der Waals surface area contributed by atoms with Crippen molar-refractivity contribution in [1.29, 1.82) is 0 Å². The second kappa shape index (κ2) is 7.68. The topological polar surface area (TPSA) is 91.3 Å². The Morgan fingerprint density at radius 3 is 2.48 bits per heavy atom. The third kappa shape index (κ3) is 3.41. The highest BCUT2D eigenvalue weighted by Crippen LogP contribution is 2.23. The van der Waals surface area contributed by atoms with Gasteiger partial charge in [-0.15, -0.1) is 0 Å². The van der Waals surface area contributed by atoms with Crippen LogP contribution in [-0.2, 0) is 17.8 Å². The summed E-state index contributed by atoms with van der Waals surface area (Å²) in [5, 5.41) is 5.23. The lowest BCUT2D eigenvalue weighted by molar-refractivity contribution is -0.127. The Morgan fingerprint density at radius 2 is 1.71 bits per heavy atom. The van der Waals surface area contributed by atoms with E-state index in [4.69, 9.17) is 0 Å². The number of hydrogen-bond donors (Lipinski definition) is 1. The first-order valence-electron chi connectivity index (χ1n) is 10.8. The Labute approximate surface area is 179 Å². The number of aromatic nitrogens is 3. The fourth-order valence-corrected chi connectivity index (χ4v) is 4.62. The van der Waals surface area contributed by atoms with Crippen LogP contribution in [0.2, 0.25) is 0 Å². The minimum atomic E-state index is -0.516. The Kier molecular flexibility index (Phi) is 4.84. The number of carbonyl (C=O) groups excluding carboxylic acids is 3. The first-order chi connectivity index (χ1) is 15.0. The summed E-state index contributed by atoms with van der Waals surface area (Å²) >= 11 is 0.